The minimum atomic E-state index is -0.177. The summed E-state index contributed by atoms with van der Waals surface area (Å²) in [7, 11) is 0. The summed E-state index contributed by atoms with van der Waals surface area (Å²) in [6, 6.07) is 3.90. The van der Waals surface area contributed by atoms with Crippen molar-refractivity contribution >= 4 is 15.9 Å². The van der Waals surface area contributed by atoms with Crippen LogP contribution in [0.4, 0.5) is 0 Å². The summed E-state index contributed by atoms with van der Waals surface area (Å²) in [4.78, 5) is 4.39. The predicted molar refractivity (Wildman–Crippen MR) is 78.7 cm³/mol. The molecule has 2 aromatic rings. The fourth-order valence-corrected chi connectivity index (χ4v) is 2.24. The summed E-state index contributed by atoms with van der Waals surface area (Å²) in [5, 5.41) is 4.02. The minimum Gasteiger partial charge on any atom is -0.337 e. The Hall–Kier alpha value is -1.20. The van der Waals surface area contributed by atoms with Gasteiger partial charge >= 0.3 is 0 Å². The van der Waals surface area contributed by atoms with Crippen LogP contribution in [0.2, 0.25) is 0 Å². The highest BCUT2D eigenvalue weighted by Gasteiger charge is 2.15. The molecule has 1 heterocycles. The van der Waals surface area contributed by atoms with Gasteiger partial charge in [-0.3, -0.25) is 0 Å². The van der Waals surface area contributed by atoms with E-state index in [2.05, 4.69) is 33.0 Å². The molecule has 0 saturated carbocycles. The van der Waals surface area contributed by atoms with Crippen LogP contribution in [0, 0.1) is 13.8 Å². The van der Waals surface area contributed by atoms with Crippen molar-refractivity contribution in [3.05, 3.63) is 33.6 Å². The van der Waals surface area contributed by atoms with Crippen LogP contribution in [0.5, 0.6) is 0 Å². The van der Waals surface area contributed by atoms with Crippen molar-refractivity contribution in [3.8, 4) is 11.4 Å². The van der Waals surface area contributed by atoms with Crippen molar-refractivity contribution in [2.75, 3.05) is 0 Å². The molecule has 0 spiro atoms. The number of aryl methyl sites for hydroxylation is 2. The molecule has 1 aromatic carbocycles. The lowest BCUT2D eigenvalue weighted by molar-refractivity contribution is 0.348. The summed E-state index contributed by atoms with van der Waals surface area (Å²) in [5.74, 6) is 1.11. The molecule has 19 heavy (non-hydrogen) atoms. The fourth-order valence-electron chi connectivity index (χ4n) is 2.01. The van der Waals surface area contributed by atoms with Crippen LogP contribution in [0.1, 0.15) is 42.8 Å². The molecule has 4 nitrogen and oxygen atoms in total. The minimum absolute atomic E-state index is 0.177. The SMILES string of the molecule is CCC[C@@H](N)c1nc(-c2cc(C)c(Br)c(C)c2)no1. The molecule has 2 N–H and O–H groups in total. The molecule has 0 unspecified atom stereocenters. The van der Waals surface area contributed by atoms with Gasteiger partial charge in [-0.1, -0.05) is 34.4 Å². The molecule has 0 aliphatic heterocycles. The van der Waals surface area contributed by atoms with E-state index in [0.29, 0.717) is 11.7 Å². The maximum Gasteiger partial charge on any atom is 0.243 e. The van der Waals surface area contributed by atoms with Crippen LogP contribution in [-0.2, 0) is 0 Å². The van der Waals surface area contributed by atoms with E-state index in [1.165, 1.54) is 0 Å². The quantitative estimate of drug-likeness (QED) is 0.926. The summed E-state index contributed by atoms with van der Waals surface area (Å²) in [6.07, 6.45) is 1.84. The highest BCUT2D eigenvalue weighted by molar-refractivity contribution is 9.10. The molecule has 2 rings (SSSR count). The van der Waals surface area contributed by atoms with Gasteiger partial charge in [-0.15, -0.1) is 0 Å². The molecular weight excluding hydrogens is 306 g/mol. The van der Waals surface area contributed by atoms with Crippen LogP contribution in [0.15, 0.2) is 21.1 Å². The number of aromatic nitrogens is 2. The standard InChI is InChI=1S/C14H18BrN3O/c1-4-5-11(16)14-17-13(18-19-14)10-6-8(2)12(15)9(3)7-10/h6-7,11H,4-5,16H2,1-3H3/t11-/m1/s1. The maximum atomic E-state index is 5.98. The second kappa shape index (κ2) is 5.84. The topological polar surface area (TPSA) is 64.9 Å². The highest BCUT2D eigenvalue weighted by Crippen LogP contribution is 2.27. The lowest BCUT2D eigenvalue weighted by Crippen LogP contribution is -2.09. The molecule has 0 bridgehead atoms. The maximum absolute atomic E-state index is 5.98. The Balaban J connectivity index is 2.33. The van der Waals surface area contributed by atoms with Gasteiger partial charge in [0, 0.05) is 10.0 Å². The summed E-state index contributed by atoms with van der Waals surface area (Å²) in [6.45, 7) is 6.17. The van der Waals surface area contributed by atoms with E-state index in [0.717, 1.165) is 34.0 Å². The Morgan fingerprint density at radius 3 is 2.53 bits per heavy atom. The normalized spacial score (nSPS) is 12.7. The number of halogens is 1. The summed E-state index contributed by atoms with van der Waals surface area (Å²) in [5.41, 5.74) is 9.24. The van der Waals surface area contributed by atoms with Crippen LogP contribution in [0.25, 0.3) is 11.4 Å². The molecular formula is C14H18BrN3O. The number of benzene rings is 1. The number of nitrogens with two attached hydrogens (primary N) is 1. The van der Waals surface area contributed by atoms with Crippen LogP contribution in [-0.4, -0.2) is 10.1 Å². The third kappa shape index (κ3) is 3.04. The van der Waals surface area contributed by atoms with Gasteiger partial charge in [-0.2, -0.15) is 4.98 Å². The molecule has 0 radical (unpaired) electrons. The van der Waals surface area contributed by atoms with E-state index in [-0.39, 0.29) is 6.04 Å². The zero-order chi connectivity index (χ0) is 14.0. The first-order valence-electron chi connectivity index (χ1n) is 6.39. The van der Waals surface area contributed by atoms with Crippen molar-refractivity contribution in [2.45, 2.75) is 39.7 Å². The predicted octanol–water partition coefficient (Wildman–Crippen LogP) is 3.92. The molecule has 0 fully saturated rings. The van der Waals surface area contributed by atoms with E-state index in [1.54, 1.807) is 0 Å². The van der Waals surface area contributed by atoms with Crippen LogP contribution in [0.3, 0.4) is 0 Å². The first-order chi connectivity index (χ1) is 9.02. The van der Waals surface area contributed by atoms with Gasteiger partial charge < -0.3 is 10.3 Å². The third-order valence-electron chi connectivity index (χ3n) is 3.05. The van der Waals surface area contributed by atoms with Crippen LogP contribution < -0.4 is 5.73 Å². The Labute approximate surface area is 121 Å². The average Bonchev–Trinajstić information content (AvgIpc) is 2.85. The van der Waals surface area contributed by atoms with Gasteiger partial charge in [0.15, 0.2) is 0 Å². The monoisotopic (exact) mass is 323 g/mol. The van der Waals surface area contributed by atoms with Crippen molar-refractivity contribution in [2.24, 2.45) is 5.73 Å². The molecule has 0 aliphatic rings. The molecule has 1 atom stereocenters. The van der Waals surface area contributed by atoms with E-state index in [1.807, 2.05) is 26.0 Å². The smallest absolute Gasteiger partial charge is 0.243 e. The number of hydrogen-bond acceptors (Lipinski definition) is 4. The number of hydrogen-bond donors (Lipinski definition) is 1. The van der Waals surface area contributed by atoms with E-state index < -0.39 is 0 Å². The molecule has 1 aromatic heterocycles. The van der Waals surface area contributed by atoms with E-state index in [9.17, 15) is 0 Å². The van der Waals surface area contributed by atoms with Crippen LogP contribution >= 0.6 is 15.9 Å². The van der Waals surface area contributed by atoms with Crippen molar-refractivity contribution in [1.29, 1.82) is 0 Å². The molecule has 0 aliphatic carbocycles. The average molecular weight is 324 g/mol. The first kappa shape index (κ1) is 14.2. The number of rotatable bonds is 4. The first-order valence-corrected chi connectivity index (χ1v) is 7.18. The van der Waals surface area contributed by atoms with Crippen molar-refractivity contribution in [1.82, 2.24) is 10.1 Å². The molecule has 0 amide bonds. The van der Waals surface area contributed by atoms with Gasteiger partial charge in [-0.25, -0.2) is 0 Å². The Bertz CT molecular complexity index is 557. The Kier molecular flexibility index (Phi) is 4.37. The lowest BCUT2D eigenvalue weighted by atomic mass is 10.1. The third-order valence-corrected chi connectivity index (χ3v) is 4.30. The second-order valence-corrected chi connectivity index (χ2v) is 5.57. The zero-order valence-corrected chi connectivity index (χ0v) is 13.0. The summed E-state index contributed by atoms with van der Waals surface area (Å²) < 4.78 is 6.36. The van der Waals surface area contributed by atoms with Gasteiger partial charge in [-0.05, 0) is 43.5 Å². The summed E-state index contributed by atoms with van der Waals surface area (Å²) >= 11 is 3.55. The van der Waals surface area contributed by atoms with Gasteiger partial charge in [0.1, 0.15) is 0 Å². The lowest BCUT2D eigenvalue weighted by Gasteiger charge is -2.05. The molecule has 102 valence electrons. The fraction of sp³-hybridized carbons (Fsp3) is 0.429. The van der Waals surface area contributed by atoms with E-state index >= 15 is 0 Å². The highest BCUT2D eigenvalue weighted by atomic mass is 79.9. The van der Waals surface area contributed by atoms with Crippen molar-refractivity contribution in [3.63, 3.8) is 0 Å². The Morgan fingerprint density at radius 2 is 1.95 bits per heavy atom. The number of nitrogens with zero attached hydrogens (tertiary/aromatic N) is 2. The Morgan fingerprint density at radius 1 is 1.32 bits per heavy atom. The largest absolute Gasteiger partial charge is 0.337 e. The second-order valence-electron chi connectivity index (χ2n) is 4.78. The zero-order valence-electron chi connectivity index (χ0n) is 11.4. The molecule has 0 saturated heterocycles. The van der Waals surface area contributed by atoms with Gasteiger partial charge in [0.05, 0.1) is 6.04 Å². The van der Waals surface area contributed by atoms with E-state index in [4.69, 9.17) is 10.3 Å². The van der Waals surface area contributed by atoms with Crippen molar-refractivity contribution < 1.29 is 4.52 Å². The molecule has 5 heteroatoms. The van der Waals surface area contributed by atoms with Gasteiger partial charge in [0.25, 0.3) is 0 Å². The van der Waals surface area contributed by atoms with Gasteiger partial charge in [0.2, 0.25) is 11.7 Å².